The van der Waals surface area contributed by atoms with Gasteiger partial charge in [0.25, 0.3) is 0 Å². The van der Waals surface area contributed by atoms with E-state index in [2.05, 4.69) is 10.4 Å². The SMILES string of the molecule is CCn1nccc1CNc1cc(F)c(C)cc1F. The summed E-state index contributed by atoms with van der Waals surface area (Å²) >= 11 is 0. The summed E-state index contributed by atoms with van der Waals surface area (Å²) in [4.78, 5) is 0. The number of benzene rings is 1. The van der Waals surface area contributed by atoms with Crippen molar-refractivity contribution in [3.05, 3.63) is 47.3 Å². The molecule has 96 valence electrons. The standard InChI is InChI=1S/C13H15F2N3/c1-3-18-10(4-5-17-18)8-16-13-7-11(14)9(2)6-12(13)15/h4-7,16H,3,8H2,1-2H3. The number of rotatable bonds is 4. The molecular weight excluding hydrogens is 236 g/mol. The van der Waals surface area contributed by atoms with Crippen LogP contribution in [0.25, 0.3) is 0 Å². The Kier molecular flexibility index (Phi) is 3.60. The molecule has 2 aromatic rings. The maximum Gasteiger partial charge on any atom is 0.146 e. The zero-order valence-electron chi connectivity index (χ0n) is 10.4. The third-order valence-corrected chi connectivity index (χ3v) is 2.81. The average Bonchev–Trinajstić information content (AvgIpc) is 2.79. The van der Waals surface area contributed by atoms with Crippen LogP contribution in [0.15, 0.2) is 24.4 Å². The van der Waals surface area contributed by atoms with Crippen molar-refractivity contribution in [3.63, 3.8) is 0 Å². The van der Waals surface area contributed by atoms with Gasteiger partial charge in [0.15, 0.2) is 0 Å². The molecule has 5 heteroatoms. The van der Waals surface area contributed by atoms with Crippen molar-refractivity contribution < 1.29 is 8.78 Å². The molecule has 0 atom stereocenters. The lowest BCUT2D eigenvalue weighted by atomic mass is 10.2. The molecule has 0 amide bonds. The number of anilines is 1. The van der Waals surface area contributed by atoms with Gasteiger partial charge in [0, 0.05) is 18.8 Å². The van der Waals surface area contributed by atoms with Gasteiger partial charge in [0.05, 0.1) is 17.9 Å². The summed E-state index contributed by atoms with van der Waals surface area (Å²) in [6.07, 6.45) is 1.69. The lowest BCUT2D eigenvalue weighted by Crippen LogP contribution is -2.09. The maximum atomic E-state index is 13.6. The van der Waals surface area contributed by atoms with Crippen LogP contribution in [0.1, 0.15) is 18.2 Å². The van der Waals surface area contributed by atoms with Gasteiger partial charge in [-0.05, 0) is 31.5 Å². The van der Waals surface area contributed by atoms with Crippen molar-refractivity contribution in [1.82, 2.24) is 9.78 Å². The fourth-order valence-electron chi connectivity index (χ4n) is 1.76. The van der Waals surface area contributed by atoms with E-state index in [-0.39, 0.29) is 5.69 Å². The second-order valence-electron chi connectivity index (χ2n) is 4.07. The molecule has 3 nitrogen and oxygen atoms in total. The molecule has 18 heavy (non-hydrogen) atoms. The fraction of sp³-hybridized carbons (Fsp3) is 0.308. The molecule has 0 aliphatic rings. The highest BCUT2D eigenvalue weighted by Gasteiger charge is 2.08. The summed E-state index contributed by atoms with van der Waals surface area (Å²) in [5.74, 6) is -0.862. The van der Waals surface area contributed by atoms with Crippen molar-refractivity contribution in [1.29, 1.82) is 0 Å². The lowest BCUT2D eigenvalue weighted by Gasteiger charge is -2.10. The molecule has 0 spiro atoms. The number of nitrogens with one attached hydrogen (secondary N) is 1. The fourth-order valence-corrected chi connectivity index (χ4v) is 1.76. The Morgan fingerprint density at radius 2 is 2.06 bits per heavy atom. The summed E-state index contributed by atoms with van der Waals surface area (Å²) in [6.45, 7) is 4.67. The number of nitrogens with zero attached hydrogens (tertiary/aromatic N) is 2. The van der Waals surface area contributed by atoms with Gasteiger partial charge in [-0.2, -0.15) is 5.10 Å². The zero-order valence-corrected chi connectivity index (χ0v) is 10.4. The van der Waals surface area contributed by atoms with Gasteiger partial charge < -0.3 is 5.32 Å². The number of aromatic nitrogens is 2. The molecule has 1 aromatic heterocycles. The van der Waals surface area contributed by atoms with Gasteiger partial charge in [-0.15, -0.1) is 0 Å². The molecular formula is C13H15F2N3. The molecule has 1 N–H and O–H groups in total. The van der Waals surface area contributed by atoms with E-state index < -0.39 is 11.6 Å². The van der Waals surface area contributed by atoms with E-state index in [0.717, 1.165) is 12.2 Å². The highest BCUT2D eigenvalue weighted by molar-refractivity contribution is 5.47. The van der Waals surface area contributed by atoms with Gasteiger partial charge in [-0.1, -0.05) is 0 Å². The quantitative estimate of drug-likeness (QED) is 0.904. The number of halogens is 2. The van der Waals surface area contributed by atoms with E-state index in [0.29, 0.717) is 12.1 Å². The molecule has 2 rings (SSSR count). The monoisotopic (exact) mass is 251 g/mol. The van der Waals surface area contributed by atoms with Crippen LogP contribution in [-0.2, 0) is 13.1 Å². The molecule has 0 aliphatic carbocycles. The molecule has 1 aromatic carbocycles. The van der Waals surface area contributed by atoms with Crippen LogP contribution < -0.4 is 5.32 Å². The number of aryl methyl sites for hydroxylation is 2. The van der Waals surface area contributed by atoms with E-state index in [4.69, 9.17) is 0 Å². The zero-order chi connectivity index (χ0) is 13.1. The Morgan fingerprint density at radius 1 is 1.28 bits per heavy atom. The lowest BCUT2D eigenvalue weighted by molar-refractivity contribution is 0.592. The Labute approximate surface area is 104 Å². The van der Waals surface area contributed by atoms with Crippen LogP contribution >= 0.6 is 0 Å². The first kappa shape index (κ1) is 12.5. The van der Waals surface area contributed by atoms with E-state index in [1.54, 1.807) is 10.9 Å². The van der Waals surface area contributed by atoms with Crippen LogP contribution in [0.3, 0.4) is 0 Å². The predicted octanol–water partition coefficient (Wildman–Crippen LogP) is 3.10. The molecule has 0 unspecified atom stereocenters. The normalized spacial score (nSPS) is 10.7. The highest BCUT2D eigenvalue weighted by Crippen LogP contribution is 2.19. The van der Waals surface area contributed by atoms with Crippen molar-refractivity contribution in [2.75, 3.05) is 5.32 Å². The largest absolute Gasteiger partial charge is 0.377 e. The van der Waals surface area contributed by atoms with Crippen LogP contribution in [-0.4, -0.2) is 9.78 Å². The Hall–Kier alpha value is -1.91. The first-order chi connectivity index (χ1) is 8.61. The maximum absolute atomic E-state index is 13.6. The van der Waals surface area contributed by atoms with Gasteiger partial charge in [-0.25, -0.2) is 8.78 Å². The second-order valence-corrected chi connectivity index (χ2v) is 4.07. The second kappa shape index (κ2) is 5.16. The molecule has 0 aliphatic heterocycles. The first-order valence-electron chi connectivity index (χ1n) is 5.82. The molecule has 0 radical (unpaired) electrons. The van der Waals surface area contributed by atoms with Crippen molar-refractivity contribution in [2.24, 2.45) is 0 Å². The summed E-state index contributed by atoms with van der Waals surface area (Å²) in [5.41, 5.74) is 1.40. The molecule has 1 heterocycles. The molecule has 0 fully saturated rings. The molecule has 0 saturated heterocycles. The Morgan fingerprint density at radius 3 is 2.78 bits per heavy atom. The van der Waals surface area contributed by atoms with Gasteiger partial charge in [0.1, 0.15) is 11.6 Å². The van der Waals surface area contributed by atoms with Crippen LogP contribution in [0.4, 0.5) is 14.5 Å². The molecule has 0 saturated carbocycles. The van der Waals surface area contributed by atoms with Crippen LogP contribution in [0.5, 0.6) is 0 Å². The smallest absolute Gasteiger partial charge is 0.146 e. The van der Waals surface area contributed by atoms with E-state index >= 15 is 0 Å². The number of hydrogen-bond acceptors (Lipinski definition) is 2. The van der Waals surface area contributed by atoms with E-state index in [1.807, 2.05) is 13.0 Å². The van der Waals surface area contributed by atoms with E-state index in [1.165, 1.54) is 19.1 Å². The van der Waals surface area contributed by atoms with Crippen molar-refractivity contribution >= 4 is 5.69 Å². The van der Waals surface area contributed by atoms with Crippen molar-refractivity contribution in [3.8, 4) is 0 Å². The first-order valence-corrected chi connectivity index (χ1v) is 5.82. The highest BCUT2D eigenvalue weighted by atomic mass is 19.1. The summed E-state index contributed by atoms with van der Waals surface area (Å²) in [5, 5.41) is 6.99. The summed E-state index contributed by atoms with van der Waals surface area (Å²) in [6, 6.07) is 4.21. The summed E-state index contributed by atoms with van der Waals surface area (Å²) in [7, 11) is 0. The van der Waals surface area contributed by atoms with Gasteiger partial charge >= 0.3 is 0 Å². The van der Waals surface area contributed by atoms with Gasteiger partial charge in [-0.3, -0.25) is 4.68 Å². The third kappa shape index (κ3) is 2.50. The van der Waals surface area contributed by atoms with E-state index in [9.17, 15) is 8.78 Å². The van der Waals surface area contributed by atoms with Crippen LogP contribution in [0, 0.1) is 18.6 Å². The van der Waals surface area contributed by atoms with Gasteiger partial charge in [0.2, 0.25) is 0 Å². The minimum Gasteiger partial charge on any atom is -0.377 e. The minimum absolute atomic E-state index is 0.168. The molecule has 0 bridgehead atoms. The Balaban J connectivity index is 2.13. The Bertz CT molecular complexity index is 549. The average molecular weight is 251 g/mol. The number of hydrogen-bond donors (Lipinski definition) is 1. The topological polar surface area (TPSA) is 29.9 Å². The summed E-state index contributed by atoms with van der Waals surface area (Å²) < 4.78 is 28.7. The minimum atomic E-state index is -0.448. The predicted molar refractivity (Wildman–Crippen MR) is 66.3 cm³/mol. The third-order valence-electron chi connectivity index (χ3n) is 2.81. The van der Waals surface area contributed by atoms with Crippen molar-refractivity contribution in [2.45, 2.75) is 26.9 Å². The van der Waals surface area contributed by atoms with Crippen LogP contribution in [0.2, 0.25) is 0 Å².